The number of amides is 2. The third-order valence-electron chi connectivity index (χ3n) is 3.82. The van der Waals surface area contributed by atoms with Crippen LogP contribution in [0.1, 0.15) is 17.3 Å². The van der Waals surface area contributed by atoms with Crippen molar-refractivity contribution < 1.29 is 14.3 Å². The lowest BCUT2D eigenvalue weighted by molar-refractivity contribution is -0.150. The van der Waals surface area contributed by atoms with Crippen molar-refractivity contribution in [3.63, 3.8) is 0 Å². The van der Waals surface area contributed by atoms with Crippen LogP contribution >= 0.6 is 0 Å². The average molecular weight is 315 g/mol. The van der Waals surface area contributed by atoms with Gasteiger partial charge >= 0.3 is 0 Å². The maximum absolute atomic E-state index is 12.6. The SMILES string of the molecule is C[C@]1(C(N)=O)CN(C(=O)c2ccc(-n3cccn3)nc2)CCO1. The molecule has 0 spiro atoms. The second kappa shape index (κ2) is 5.81. The second-order valence-corrected chi connectivity index (χ2v) is 5.53. The lowest BCUT2D eigenvalue weighted by atomic mass is 10.0. The Balaban J connectivity index is 1.76. The molecular formula is C15H17N5O3. The molecule has 1 fully saturated rings. The van der Waals surface area contributed by atoms with E-state index in [1.165, 1.54) is 6.20 Å². The number of nitrogens with two attached hydrogens (primary N) is 1. The minimum atomic E-state index is -1.16. The Morgan fingerprint density at radius 2 is 2.22 bits per heavy atom. The van der Waals surface area contributed by atoms with Crippen molar-refractivity contribution in [2.24, 2.45) is 5.73 Å². The number of hydrogen-bond acceptors (Lipinski definition) is 5. The quantitative estimate of drug-likeness (QED) is 0.857. The topological polar surface area (TPSA) is 103 Å². The Morgan fingerprint density at radius 3 is 2.83 bits per heavy atom. The lowest BCUT2D eigenvalue weighted by Crippen LogP contribution is -2.58. The number of rotatable bonds is 3. The Morgan fingerprint density at radius 1 is 1.39 bits per heavy atom. The molecule has 1 aliphatic heterocycles. The van der Waals surface area contributed by atoms with Crippen LogP contribution < -0.4 is 5.73 Å². The molecule has 120 valence electrons. The number of aromatic nitrogens is 3. The molecule has 1 atom stereocenters. The highest BCUT2D eigenvalue weighted by molar-refractivity contribution is 5.95. The smallest absolute Gasteiger partial charge is 0.255 e. The maximum atomic E-state index is 12.6. The fourth-order valence-corrected chi connectivity index (χ4v) is 2.43. The van der Waals surface area contributed by atoms with Crippen LogP contribution in [0.25, 0.3) is 5.82 Å². The summed E-state index contributed by atoms with van der Waals surface area (Å²) in [6.07, 6.45) is 4.92. The molecule has 1 aliphatic rings. The molecule has 0 unspecified atom stereocenters. The lowest BCUT2D eigenvalue weighted by Gasteiger charge is -2.38. The molecule has 8 heteroatoms. The van der Waals surface area contributed by atoms with Crippen LogP contribution in [0.3, 0.4) is 0 Å². The Hall–Kier alpha value is -2.74. The van der Waals surface area contributed by atoms with Crippen molar-refractivity contribution in [2.45, 2.75) is 12.5 Å². The van der Waals surface area contributed by atoms with E-state index in [0.717, 1.165) is 0 Å². The minimum Gasteiger partial charge on any atom is -0.367 e. The monoisotopic (exact) mass is 315 g/mol. The molecule has 2 N–H and O–H groups in total. The first-order valence-corrected chi connectivity index (χ1v) is 7.19. The molecule has 0 saturated carbocycles. The standard InChI is InChI=1S/C15H17N5O3/c1-15(14(16)22)10-19(7-8-23-15)13(21)11-3-4-12(17-9-11)20-6-2-5-18-20/h2-6,9H,7-8,10H2,1H3,(H2,16,22)/t15-/m1/s1. The van der Waals surface area contributed by atoms with Crippen molar-refractivity contribution in [1.29, 1.82) is 0 Å². The van der Waals surface area contributed by atoms with Crippen molar-refractivity contribution in [3.05, 3.63) is 42.4 Å². The van der Waals surface area contributed by atoms with Crippen LogP contribution in [0.4, 0.5) is 0 Å². The number of primary amides is 1. The zero-order valence-electron chi connectivity index (χ0n) is 12.7. The van der Waals surface area contributed by atoms with Gasteiger partial charge in [0.25, 0.3) is 11.8 Å². The summed E-state index contributed by atoms with van der Waals surface area (Å²) in [6, 6.07) is 5.19. The number of carbonyl (C=O) groups excluding carboxylic acids is 2. The van der Waals surface area contributed by atoms with E-state index in [-0.39, 0.29) is 19.1 Å². The summed E-state index contributed by atoms with van der Waals surface area (Å²) in [5.41, 5.74) is 4.64. The largest absolute Gasteiger partial charge is 0.367 e. The molecule has 0 aromatic carbocycles. The van der Waals surface area contributed by atoms with E-state index < -0.39 is 11.5 Å². The molecule has 8 nitrogen and oxygen atoms in total. The zero-order chi connectivity index (χ0) is 16.4. The van der Waals surface area contributed by atoms with E-state index in [2.05, 4.69) is 10.1 Å². The van der Waals surface area contributed by atoms with Gasteiger partial charge in [0.15, 0.2) is 11.4 Å². The molecule has 0 aliphatic carbocycles. The normalized spacial score (nSPS) is 21.2. The maximum Gasteiger partial charge on any atom is 0.255 e. The Kier molecular flexibility index (Phi) is 3.83. The van der Waals surface area contributed by atoms with Crippen molar-refractivity contribution in [2.75, 3.05) is 19.7 Å². The summed E-state index contributed by atoms with van der Waals surface area (Å²) in [5.74, 6) is -0.169. The Bertz CT molecular complexity index is 713. The molecule has 0 radical (unpaired) electrons. The van der Waals surface area contributed by atoms with Crippen LogP contribution in [0.2, 0.25) is 0 Å². The predicted molar refractivity (Wildman–Crippen MR) is 80.8 cm³/mol. The van der Waals surface area contributed by atoms with Crippen LogP contribution in [-0.4, -0.2) is 56.8 Å². The highest BCUT2D eigenvalue weighted by atomic mass is 16.5. The van der Waals surface area contributed by atoms with Crippen LogP contribution in [0.5, 0.6) is 0 Å². The van der Waals surface area contributed by atoms with E-state index in [9.17, 15) is 9.59 Å². The zero-order valence-corrected chi connectivity index (χ0v) is 12.7. The summed E-state index contributed by atoms with van der Waals surface area (Å²) < 4.78 is 7.02. The third kappa shape index (κ3) is 2.93. The number of ether oxygens (including phenoxy) is 1. The van der Waals surface area contributed by atoms with E-state index in [1.54, 1.807) is 47.1 Å². The number of carbonyl (C=O) groups is 2. The van der Waals surface area contributed by atoms with Crippen molar-refractivity contribution >= 4 is 11.8 Å². The molecule has 1 saturated heterocycles. The first kappa shape index (κ1) is 15.2. The summed E-state index contributed by atoms with van der Waals surface area (Å²) in [7, 11) is 0. The van der Waals surface area contributed by atoms with Crippen molar-refractivity contribution in [1.82, 2.24) is 19.7 Å². The second-order valence-electron chi connectivity index (χ2n) is 5.53. The van der Waals surface area contributed by atoms with Gasteiger partial charge < -0.3 is 15.4 Å². The fourth-order valence-electron chi connectivity index (χ4n) is 2.43. The highest BCUT2D eigenvalue weighted by Crippen LogP contribution is 2.19. The highest BCUT2D eigenvalue weighted by Gasteiger charge is 2.39. The van der Waals surface area contributed by atoms with Gasteiger partial charge in [-0.15, -0.1) is 0 Å². The first-order chi connectivity index (χ1) is 11.0. The molecule has 2 aromatic rings. The molecule has 0 bridgehead atoms. The van der Waals surface area contributed by atoms with E-state index in [4.69, 9.17) is 10.5 Å². The summed E-state index contributed by atoms with van der Waals surface area (Å²) in [5, 5.41) is 4.08. The van der Waals surface area contributed by atoms with Crippen LogP contribution in [0.15, 0.2) is 36.8 Å². The molecule has 2 aromatic heterocycles. The minimum absolute atomic E-state index is 0.127. The number of pyridine rings is 1. The van der Waals surface area contributed by atoms with Gasteiger partial charge in [-0.05, 0) is 25.1 Å². The molecule has 3 heterocycles. The van der Waals surface area contributed by atoms with Crippen LogP contribution in [0, 0.1) is 0 Å². The summed E-state index contributed by atoms with van der Waals surface area (Å²) >= 11 is 0. The summed E-state index contributed by atoms with van der Waals surface area (Å²) in [6.45, 7) is 2.39. The molecular weight excluding hydrogens is 298 g/mol. The van der Waals surface area contributed by atoms with Crippen LogP contribution in [-0.2, 0) is 9.53 Å². The molecule has 3 rings (SSSR count). The first-order valence-electron chi connectivity index (χ1n) is 7.19. The van der Waals surface area contributed by atoms with Gasteiger partial charge in [-0.1, -0.05) is 0 Å². The molecule has 2 amide bonds. The average Bonchev–Trinajstić information content (AvgIpc) is 3.09. The predicted octanol–water partition coefficient (Wildman–Crippen LogP) is -0.0163. The number of hydrogen-bond donors (Lipinski definition) is 1. The van der Waals surface area contributed by atoms with Gasteiger partial charge in [0.1, 0.15) is 0 Å². The molecule has 23 heavy (non-hydrogen) atoms. The van der Waals surface area contributed by atoms with E-state index >= 15 is 0 Å². The van der Waals surface area contributed by atoms with Gasteiger partial charge in [-0.3, -0.25) is 9.59 Å². The van der Waals surface area contributed by atoms with Gasteiger partial charge in [-0.2, -0.15) is 5.10 Å². The Labute approximate surface area is 132 Å². The van der Waals surface area contributed by atoms with E-state index in [1.807, 2.05) is 0 Å². The van der Waals surface area contributed by atoms with Gasteiger partial charge in [-0.25, -0.2) is 9.67 Å². The van der Waals surface area contributed by atoms with E-state index in [0.29, 0.717) is 17.9 Å². The summed E-state index contributed by atoms with van der Waals surface area (Å²) in [4.78, 5) is 29.9. The fraction of sp³-hybridized carbons (Fsp3) is 0.333. The number of morpholine rings is 1. The number of nitrogens with zero attached hydrogens (tertiary/aromatic N) is 4. The van der Waals surface area contributed by atoms with Crippen molar-refractivity contribution in [3.8, 4) is 5.82 Å². The van der Waals surface area contributed by atoms with Gasteiger partial charge in [0, 0.05) is 25.1 Å². The third-order valence-corrected chi connectivity index (χ3v) is 3.82. The van der Waals surface area contributed by atoms with Gasteiger partial charge in [0.05, 0.1) is 18.7 Å². The van der Waals surface area contributed by atoms with Gasteiger partial charge in [0.2, 0.25) is 0 Å².